The number of benzene rings is 1. The van der Waals surface area contributed by atoms with Gasteiger partial charge in [0.2, 0.25) is 0 Å². The van der Waals surface area contributed by atoms with Crippen molar-refractivity contribution in [2.75, 3.05) is 13.2 Å². The van der Waals surface area contributed by atoms with Crippen LogP contribution in [0.1, 0.15) is 51.3 Å². The number of carbonyl (C=O) groups excluding carboxylic acids is 2. The summed E-state index contributed by atoms with van der Waals surface area (Å²) in [5.41, 5.74) is 4.19. The molecule has 0 unspecified atom stereocenters. The van der Waals surface area contributed by atoms with E-state index in [-0.39, 0.29) is 11.5 Å². The molecule has 1 aliphatic heterocycles. The van der Waals surface area contributed by atoms with Crippen LogP contribution in [0.15, 0.2) is 24.3 Å². The molecule has 1 fully saturated rings. The molecule has 27 heavy (non-hydrogen) atoms. The molecule has 1 aromatic heterocycles. The second kappa shape index (κ2) is 6.94. The second-order valence-corrected chi connectivity index (χ2v) is 7.94. The molecule has 2 amide bonds. The van der Waals surface area contributed by atoms with Crippen LogP contribution in [0.2, 0.25) is 0 Å². The molecule has 0 atom stereocenters. The third-order valence-electron chi connectivity index (χ3n) is 5.22. The first-order chi connectivity index (χ1) is 13.1. The molecule has 2 aromatic rings. The normalized spacial score (nSPS) is 17.2. The van der Waals surface area contributed by atoms with Crippen molar-refractivity contribution in [3.8, 4) is 0 Å². The number of ether oxygens (including phenoxy) is 1. The van der Waals surface area contributed by atoms with Crippen LogP contribution < -0.4 is 5.48 Å². The van der Waals surface area contributed by atoms with Gasteiger partial charge in [0.15, 0.2) is 0 Å². The standard InChI is InChI=1S/C19H21N3O4S/c1-2-26-18(24)22-10-7-14-15(11-22)27-17(20-14)19(8-9-19)13-5-3-12(4-6-13)16(23)21-25/h3-6,25H,2,7-11H2,1H3,(H,21,23). The molecule has 0 spiro atoms. The van der Waals surface area contributed by atoms with Gasteiger partial charge in [0.25, 0.3) is 5.91 Å². The number of nitrogens with zero attached hydrogens (tertiary/aromatic N) is 2. The molecule has 7 nitrogen and oxygen atoms in total. The maximum absolute atomic E-state index is 12.0. The molecule has 2 heterocycles. The zero-order valence-corrected chi connectivity index (χ0v) is 15.8. The van der Waals surface area contributed by atoms with Gasteiger partial charge in [-0.2, -0.15) is 0 Å². The first-order valence-corrected chi connectivity index (χ1v) is 9.85. The van der Waals surface area contributed by atoms with Gasteiger partial charge in [-0.05, 0) is 37.5 Å². The SMILES string of the molecule is CCOC(=O)N1CCc2nc(C3(c4ccc(C(=O)NO)cc4)CC3)sc2C1. The van der Waals surface area contributed by atoms with E-state index in [4.69, 9.17) is 14.9 Å². The van der Waals surface area contributed by atoms with Crippen LogP contribution in [0.4, 0.5) is 4.79 Å². The highest BCUT2D eigenvalue weighted by Gasteiger charge is 2.49. The van der Waals surface area contributed by atoms with E-state index < -0.39 is 5.91 Å². The lowest BCUT2D eigenvalue weighted by Crippen LogP contribution is -2.35. The fourth-order valence-corrected chi connectivity index (χ4v) is 4.92. The summed E-state index contributed by atoms with van der Waals surface area (Å²) in [6.45, 7) is 3.37. The van der Waals surface area contributed by atoms with Gasteiger partial charge in [-0.25, -0.2) is 15.3 Å². The van der Waals surface area contributed by atoms with Crippen molar-refractivity contribution < 1.29 is 19.5 Å². The fourth-order valence-electron chi connectivity index (χ4n) is 3.53. The minimum Gasteiger partial charge on any atom is -0.450 e. The number of hydrogen-bond donors (Lipinski definition) is 2. The Kier molecular flexibility index (Phi) is 4.61. The Hall–Kier alpha value is -2.45. The topological polar surface area (TPSA) is 91.8 Å². The maximum atomic E-state index is 12.0. The molecule has 1 aliphatic carbocycles. The summed E-state index contributed by atoms with van der Waals surface area (Å²) >= 11 is 1.67. The Labute approximate surface area is 160 Å². The van der Waals surface area contributed by atoms with Crippen LogP contribution in [0.5, 0.6) is 0 Å². The molecule has 0 saturated heterocycles. The predicted molar refractivity (Wildman–Crippen MR) is 99.0 cm³/mol. The van der Waals surface area contributed by atoms with Gasteiger partial charge in [0.05, 0.1) is 18.8 Å². The molecule has 4 rings (SSSR count). The molecule has 2 N–H and O–H groups in total. The van der Waals surface area contributed by atoms with Crippen LogP contribution in [0.3, 0.4) is 0 Å². The van der Waals surface area contributed by atoms with Gasteiger partial charge in [-0.3, -0.25) is 10.0 Å². The monoisotopic (exact) mass is 387 g/mol. The summed E-state index contributed by atoms with van der Waals surface area (Å²) in [6, 6.07) is 7.31. The molecular formula is C19H21N3O4S. The average Bonchev–Trinajstić information content (AvgIpc) is 3.40. The van der Waals surface area contributed by atoms with Crippen LogP contribution >= 0.6 is 11.3 Å². The molecule has 1 saturated carbocycles. The Balaban J connectivity index is 1.56. The third-order valence-corrected chi connectivity index (χ3v) is 6.50. The third kappa shape index (κ3) is 3.19. The van der Waals surface area contributed by atoms with Gasteiger partial charge in [-0.15, -0.1) is 11.3 Å². The Morgan fingerprint density at radius 2 is 2.07 bits per heavy atom. The molecular weight excluding hydrogens is 366 g/mol. The van der Waals surface area contributed by atoms with E-state index >= 15 is 0 Å². The van der Waals surface area contributed by atoms with Crippen LogP contribution in [-0.2, 0) is 23.1 Å². The Morgan fingerprint density at radius 3 is 2.70 bits per heavy atom. The van der Waals surface area contributed by atoms with Gasteiger partial charge < -0.3 is 9.64 Å². The number of hydrogen-bond acceptors (Lipinski definition) is 6. The number of carbonyl (C=O) groups is 2. The van der Waals surface area contributed by atoms with Crippen molar-refractivity contribution >= 4 is 23.3 Å². The van der Waals surface area contributed by atoms with E-state index in [0.717, 1.165) is 40.4 Å². The van der Waals surface area contributed by atoms with Crippen molar-refractivity contribution in [2.45, 2.75) is 38.1 Å². The summed E-state index contributed by atoms with van der Waals surface area (Å²) in [5.74, 6) is -0.518. The highest BCUT2D eigenvalue weighted by atomic mass is 32.1. The lowest BCUT2D eigenvalue weighted by atomic mass is 9.95. The Morgan fingerprint density at radius 1 is 1.33 bits per heavy atom. The van der Waals surface area contributed by atoms with E-state index in [9.17, 15) is 9.59 Å². The van der Waals surface area contributed by atoms with E-state index in [1.807, 2.05) is 19.1 Å². The van der Waals surface area contributed by atoms with Gasteiger partial charge in [0.1, 0.15) is 5.01 Å². The minimum absolute atomic E-state index is 0.0923. The smallest absolute Gasteiger partial charge is 0.410 e. The maximum Gasteiger partial charge on any atom is 0.410 e. The number of thiazole rings is 1. The highest BCUT2D eigenvalue weighted by molar-refractivity contribution is 7.12. The first kappa shape index (κ1) is 17.9. The lowest BCUT2D eigenvalue weighted by molar-refractivity contribution is 0.0706. The zero-order valence-electron chi connectivity index (χ0n) is 15.0. The van der Waals surface area contributed by atoms with E-state index in [2.05, 4.69) is 0 Å². The Bertz CT molecular complexity index is 874. The minimum atomic E-state index is -0.518. The highest BCUT2D eigenvalue weighted by Crippen LogP contribution is 2.55. The van der Waals surface area contributed by atoms with E-state index in [1.54, 1.807) is 33.8 Å². The summed E-state index contributed by atoms with van der Waals surface area (Å²) in [4.78, 5) is 31.3. The summed E-state index contributed by atoms with van der Waals surface area (Å²) in [6.07, 6.45) is 2.52. The molecule has 0 radical (unpaired) electrons. The van der Waals surface area contributed by atoms with Gasteiger partial charge >= 0.3 is 6.09 Å². The van der Waals surface area contributed by atoms with Crippen molar-refractivity contribution in [2.24, 2.45) is 0 Å². The van der Waals surface area contributed by atoms with Crippen molar-refractivity contribution in [1.29, 1.82) is 0 Å². The van der Waals surface area contributed by atoms with E-state index in [1.165, 1.54) is 0 Å². The number of hydroxylamine groups is 1. The van der Waals surface area contributed by atoms with Crippen LogP contribution in [0.25, 0.3) is 0 Å². The second-order valence-electron chi connectivity index (χ2n) is 6.86. The molecule has 8 heteroatoms. The average molecular weight is 387 g/mol. The predicted octanol–water partition coefficient (Wildman–Crippen LogP) is 2.86. The number of aromatic nitrogens is 1. The number of nitrogens with one attached hydrogen (secondary N) is 1. The fraction of sp³-hybridized carbons (Fsp3) is 0.421. The van der Waals surface area contributed by atoms with Gasteiger partial charge in [-0.1, -0.05) is 12.1 Å². The number of amides is 2. The number of fused-ring (bicyclic) bond motifs is 1. The molecule has 142 valence electrons. The molecule has 1 aromatic carbocycles. The summed E-state index contributed by atoms with van der Waals surface area (Å²) < 4.78 is 5.11. The van der Waals surface area contributed by atoms with Crippen LogP contribution in [-0.4, -0.2) is 40.2 Å². The largest absolute Gasteiger partial charge is 0.450 e. The molecule has 0 bridgehead atoms. The zero-order chi connectivity index (χ0) is 19.0. The first-order valence-electron chi connectivity index (χ1n) is 9.03. The quantitative estimate of drug-likeness (QED) is 0.622. The molecule has 2 aliphatic rings. The van der Waals surface area contributed by atoms with Gasteiger partial charge in [0, 0.05) is 28.8 Å². The van der Waals surface area contributed by atoms with Crippen LogP contribution in [0, 0.1) is 0 Å². The lowest BCUT2D eigenvalue weighted by Gasteiger charge is -2.24. The summed E-state index contributed by atoms with van der Waals surface area (Å²) in [5, 5.41) is 9.83. The summed E-state index contributed by atoms with van der Waals surface area (Å²) in [7, 11) is 0. The number of rotatable bonds is 4. The van der Waals surface area contributed by atoms with Crippen molar-refractivity contribution in [3.05, 3.63) is 51.0 Å². The van der Waals surface area contributed by atoms with Crippen molar-refractivity contribution in [1.82, 2.24) is 15.4 Å². The van der Waals surface area contributed by atoms with Crippen molar-refractivity contribution in [3.63, 3.8) is 0 Å². The van der Waals surface area contributed by atoms with E-state index in [0.29, 0.717) is 25.3 Å².